The Morgan fingerprint density at radius 3 is 2.96 bits per heavy atom. The maximum Gasteiger partial charge on any atom is 0.251 e. The molecule has 1 N–H and O–H groups in total. The molecule has 0 fully saturated rings. The predicted octanol–water partition coefficient (Wildman–Crippen LogP) is 2.93. The Labute approximate surface area is 162 Å². The fourth-order valence-electron chi connectivity index (χ4n) is 2.93. The summed E-state index contributed by atoms with van der Waals surface area (Å²) >= 11 is 0. The molecule has 0 bridgehead atoms. The number of carbonyl (C=O) groups is 1. The number of rotatable bonds is 8. The molecule has 4 rings (SSSR count). The number of nitrogens with one attached hydrogen (secondary N) is 1. The second-order valence-corrected chi connectivity index (χ2v) is 6.42. The molecule has 0 unspecified atom stereocenters. The first-order valence-electron chi connectivity index (χ1n) is 9.17. The number of carbonyl (C=O) groups excluding carboxylic acids is 1. The van der Waals surface area contributed by atoms with Gasteiger partial charge in [0.1, 0.15) is 18.0 Å². The summed E-state index contributed by atoms with van der Waals surface area (Å²) in [6.07, 6.45) is 10.1. The van der Waals surface area contributed by atoms with Gasteiger partial charge in [0, 0.05) is 43.4 Å². The molecule has 0 aliphatic carbocycles. The largest absolute Gasteiger partial charge is 0.487 e. The first-order chi connectivity index (χ1) is 13.8. The van der Waals surface area contributed by atoms with Crippen LogP contribution in [0.3, 0.4) is 0 Å². The van der Waals surface area contributed by atoms with E-state index in [1.807, 2.05) is 57.9 Å². The van der Waals surface area contributed by atoms with Gasteiger partial charge in [-0.15, -0.1) is 0 Å². The smallest absolute Gasteiger partial charge is 0.251 e. The van der Waals surface area contributed by atoms with E-state index in [0.717, 1.165) is 24.3 Å². The van der Waals surface area contributed by atoms with Crippen molar-refractivity contribution >= 4 is 11.6 Å². The van der Waals surface area contributed by atoms with Gasteiger partial charge < -0.3 is 19.0 Å². The summed E-state index contributed by atoms with van der Waals surface area (Å²) in [4.78, 5) is 20.9. The van der Waals surface area contributed by atoms with Crippen molar-refractivity contribution in [1.29, 1.82) is 0 Å². The molecule has 1 aromatic carbocycles. The summed E-state index contributed by atoms with van der Waals surface area (Å²) in [6, 6.07) is 13.0. The Kier molecular flexibility index (Phi) is 5.33. The van der Waals surface area contributed by atoms with Crippen molar-refractivity contribution in [1.82, 2.24) is 24.3 Å². The summed E-state index contributed by atoms with van der Waals surface area (Å²) in [5.41, 5.74) is 2.29. The quantitative estimate of drug-likeness (QED) is 0.481. The highest BCUT2D eigenvalue weighted by Crippen LogP contribution is 2.15. The van der Waals surface area contributed by atoms with E-state index in [0.29, 0.717) is 24.5 Å². The molecular formula is C21H21N5O2. The standard InChI is InChI=1S/C21H21N5O2/c27-21(23-8-4-10-25-12-9-22-16-25)17-5-3-6-19(13-17)28-15-18-14-26-11-2-1-7-20(26)24-18/h1-3,5-7,9,11-14,16H,4,8,10,15H2,(H,23,27). The molecule has 0 atom stereocenters. The summed E-state index contributed by atoms with van der Waals surface area (Å²) in [7, 11) is 0. The molecule has 0 aliphatic heterocycles. The van der Waals surface area contributed by atoms with Gasteiger partial charge in [0.15, 0.2) is 0 Å². The Morgan fingerprint density at radius 2 is 2.11 bits per heavy atom. The van der Waals surface area contributed by atoms with Crippen LogP contribution < -0.4 is 10.1 Å². The molecule has 142 valence electrons. The number of pyridine rings is 1. The molecule has 28 heavy (non-hydrogen) atoms. The molecule has 7 heteroatoms. The summed E-state index contributed by atoms with van der Waals surface area (Å²) in [5.74, 6) is 0.534. The van der Waals surface area contributed by atoms with Gasteiger partial charge in [0.25, 0.3) is 5.91 Å². The van der Waals surface area contributed by atoms with Crippen LogP contribution in [0.5, 0.6) is 5.75 Å². The number of hydrogen-bond acceptors (Lipinski definition) is 4. The number of benzene rings is 1. The SMILES string of the molecule is O=C(NCCCn1ccnc1)c1cccc(OCc2cn3ccccc3n2)c1. The second kappa shape index (κ2) is 8.39. The highest BCUT2D eigenvalue weighted by molar-refractivity contribution is 5.94. The fraction of sp³-hybridized carbons (Fsp3) is 0.190. The minimum absolute atomic E-state index is 0.108. The Hall–Kier alpha value is -3.61. The predicted molar refractivity (Wildman–Crippen MR) is 105 cm³/mol. The van der Waals surface area contributed by atoms with E-state index in [1.54, 1.807) is 24.7 Å². The van der Waals surface area contributed by atoms with Crippen molar-refractivity contribution in [2.45, 2.75) is 19.6 Å². The summed E-state index contributed by atoms with van der Waals surface area (Å²) < 4.78 is 9.76. The first kappa shape index (κ1) is 17.8. The van der Waals surface area contributed by atoms with Crippen LogP contribution in [0, 0.1) is 0 Å². The maximum absolute atomic E-state index is 12.3. The summed E-state index contributed by atoms with van der Waals surface area (Å²) in [5, 5.41) is 2.94. The third kappa shape index (κ3) is 4.37. The summed E-state index contributed by atoms with van der Waals surface area (Å²) in [6.45, 7) is 1.77. The van der Waals surface area contributed by atoms with Crippen LogP contribution in [0.25, 0.3) is 5.65 Å². The molecule has 0 spiro atoms. The number of aromatic nitrogens is 4. The minimum atomic E-state index is -0.108. The zero-order valence-corrected chi connectivity index (χ0v) is 15.4. The van der Waals surface area contributed by atoms with Crippen molar-refractivity contribution < 1.29 is 9.53 Å². The number of amides is 1. The third-order valence-corrected chi connectivity index (χ3v) is 4.33. The molecule has 0 saturated carbocycles. The van der Waals surface area contributed by atoms with Crippen LogP contribution in [0.15, 0.2) is 73.6 Å². The van der Waals surface area contributed by atoms with Crippen LogP contribution in [0.1, 0.15) is 22.5 Å². The van der Waals surface area contributed by atoms with Crippen molar-refractivity contribution in [3.05, 3.63) is 84.8 Å². The number of nitrogens with zero attached hydrogens (tertiary/aromatic N) is 4. The van der Waals surface area contributed by atoms with E-state index in [2.05, 4.69) is 15.3 Å². The van der Waals surface area contributed by atoms with Crippen LogP contribution in [-0.4, -0.2) is 31.4 Å². The number of imidazole rings is 2. The minimum Gasteiger partial charge on any atom is -0.487 e. The van der Waals surface area contributed by atoms with E-state index in [9.17, 15) is 4.79 Å². The highest BCUT2D eigenvalue weighted by Gasteiger charge is 2.07. The molecule has 0 saturated heterocycles. The van der Waals surface area contributed by atoms with Crippen molar-refractivity contribution in [3.8, 4) is 5.75 Å². The third-order valence-electron chi connectivity index (χ3n) is 4.33. The molecule has 1 amide bonds. The van der Waals surface area contributed by atoms with Gasteiger partial charge in [-0.3, -0.25) is 4.79 Å². The van der Waals surface area contributed by atoms with Crippen LogP contribution >= 0.6 is 0 Å². The lowest BCUT2D eigenvalue weighted by Crippen LogP contribution is -2.25. The monoisotopic (exact) mass is 375 g/mol. The van der Waals surface area contributed by atoms with Crippen molar-refractivity contribution in [3.63, 3.8) is 0 Å². The van der Waals surface area contributed by atoms with Crippen LogP contribution in [0.2, 0.25) is 0 Å². The van der Waals surface area contributed by atoms with E-state index in [-0.39, 0.29) is 5.91 Å². The average Bonchev–Trinajstić information content (AvgIpc) is 3.39. The highest BCUT2D eigenvalue weighted by atomic mass is 16.5. The van der Waals surface area contributed by atoms with E-state index < -0.39 is 0 Å². The zero-order chi connectivity index (χ0) is 19.2. The van der Waals surface area contributed by atoms with Crippen molar-refractivity contribution in [2.75, 3.05) is 6.54 Å². The average molecular weight is 375 g/mol. The lowest BCUT2D eigenvalue weighted by Gasteiger charge is -2.08. The van der Waals surface area contributed by atoms with Gasteiger partial charge in [-0.05, 0) is 36.8 Å². The van der Waals surface area contributed by atoms with E-state index in [4.69, 9.17) is 4.74 Å². The Morgan fingerprint density at radius 1 is 1.14 bits per heavy atom. The van der Waals surface area contributed by atoms with Crippen LogP contribution in [-0.2, 0) is 13.2 Å². The lowest BCUT2D eigenvalue weighted by atomic mass is 10.2. The van der Waals surface area contributed by atoms with Gasteiger partial charge in [0.2, 0.25) is 0 Å². The topological polar surface area (TPSA) is 73.5 Å². The number of aryl methyl sites for hydroxylation is 1. The molecule has 3 aromatic heterocycles. The van der Waals surface area contributed by atoms with E-state index in [1.165, 1.54) is 0 Å². The normalized spacial score (nSPS) is 10.9. The number of ether oxygens (including phenoxy) is 1. The van der Waals surface area contributed by atoms with Gasteiger partial charge in [-0.2, -0.15) is 0 Å². The van der Waals surface area contributed by atoms with Gasteiger partial charge >= 0.3 is 0 Å². The molecule has 4 aromatic rings. The van der Waals surface area contributed by atoms with Crippen LogP contribution in [0.4, 0.5) is 0 Å². The second-order valence-electron chi connectivity index (χ2n) is 6.42. The van der Waals surface area contributed by atoms with Gasteiger partial charge in [-0.25, -0.2) is 9.97 Å². The molecule has 3 heterocycles. The maximum atomic E-state index is 12.3. The fourth-order valence-corrected chi connectivity index (χ4v) is 2.93. The Bertz CT molecular complexity index is 1020. The Balaban J connectivity index is 1.29. The molecule has 7 nitrogen and oxygen atoms in total. The van der Waals surface area contributed by atoms with Crippen molar-refractivity contribution in [2.24, 2.45) is 0 Å². The molecular weight excluding hydrogens is 354 g/mol. The molecule has 0 radical (unpaired) electrons. The zero-order valence-electron chi connectivity index (χ0n) is 15.4. The van der Waals surface area contributed by atoms with Gasteiger partial charge in [-0.1, -0.05) is 12.1 Å². The lowest BCUT2D eigenvalue weighted by molar-refractivity contribution is 0.0952. The molecule has 0 aliphatic rings. The number of fused-ring (bicyclic) bond motifs is 1. The van der Waals surface area contributed by atoms with E-state index >= 15 is 0 Å². The van der Waals surface area contributed by atoms with Gasteiger partial charge in [0.05, 0.1) is 12.0 Å². The first-order valence-corrected chi connectivity index (χ1v) is 9.17. The number of hydrogen-bond donors (Lipinski definition) is 1.